The van der Waals surface area contributed by atoms with Crippen molar-refractivity contribution < 1.29 is 19.4 Å². The predicted octanol–water partition coefficient (Wildman–Crippen LogP) is 1.98. The van der Waals surface area contributed by atoms with Crippen molar-refractivity contribution in [3.05, 3.63) is 34.9 Å². The lowest BCUT2D eigenvalue weighted by atomic mass is 10.0. The van der Waals surface area contributed by atoms with Crippen LogP contribution in [0.1, 0.15) is 27.8 Å². The molecular weight excluding hydrogens is 196 g/mol. The van der Waals surface area contributed by atoms with Gasteiger partial charge in [-0.25, -0.2) is 4.79 Å². The summed E-state index contributed by atoms with van der Waals surface area (Å²) in [4.78, 5) is 10.9. The van der Waals surface area contributed by atoms with Crippen molar-refractivity contribution in [1.29, 1.82) is 0 Å². The fraction of sp³-hybridized carbons (Fsp3) is 0.364. The Kier molecular flexibility index (Phi) is 3.82. The van der Waals surface area contributed by atoms with Gasteiger partial charge in [-0.05, 0) is 18.6 Å². The second-order valence-electron chi connectivity index (χ2n) is 3.18. The second-order valence-corrected chi connectivity index (χ2v) is 3.18. The number of carbonyl (C=O) groups is 1. The number of aromatic carboxylic acids is 1. The molecule has 82 valence electrons. The minimum Gasteiger partial charge on any atom is -0.478 e. The van der Waals surface area contributed by atoms with Gasteiger partial charge >= 0.3 is 5.97 Å². The summed E-state index contributed by atoms with van der Waals surface area (Å²) in [6, 6.07) is 5.10. The first-order valence-electron chi connectivity index (χ1n) is 4.49. The first-order chi connectivity index (χ1) is 7.10. The second kappa shape index (κ2) is 4.91. The summed E-state index contributed by atoms with van der Waals surface area (Å²) in [5.74, 6) is -0.944. The number of benzene rings is 1. The van der Waals surface area contributed by atoms with Crippen molar-refractivity contribution in [1.82, 2.24) is 0 Å². The molecule has 4 heteroatoms. The lowest BCUT2D eigenvalue weighted by Gasteiger charge is -2.14. The third-order valence-electron chi connectivity index (χ3n) is 2.19. The summed E-state index contributed by atoms with van der Waals surface area (Å²) >= 11 is 0. The van der Waals surface area contributed by atoms with E-state index in [1.54, 1.807) is 25.1 Å². The largest absolute Gasteiger partial charge is 0.478 e. The van der Waals surface area contributed by atoms with Gasteiger partial charge in [-0.15, -0.1) is 0 Å². The molecule has 1 aromatic rings. The Morgan fingerprint density at radius 2 is 1.93 bits per heavy atom. The Balaban J connectivity index is 3.11. The van der Waals surface area contributed by atoms with E-state index in [0.717, 1.165) is 5.56 Å². The highest BCUT2D eigenvalue weighted by atomic mass is 16.7. The number of methoxy groups -OCH3 is 2. The highest BCUT2D eigenvalue weighted by molar-refractivity contribution is 5.89. The van der Waals surface area contributed by atoms with Gasteiger partial charge in [0.2, 0.25) is 0 Å². The molecule has 0 fully saturated rings. The van der Waals surface area contributed by atoms with Gasteiger partial charge in [0.25, 0.3) is 0 Å². The molecule has 1 rings (SSSR count). The molecule has 1 N–H and O–H groups in total. The SMILES string of the molecule is COC(OC)c1ccc(C)c(C(=O)O)c1. The van der Waals surface area contributed by atoms with Crippen LogP contribution in [0.15, 0.2) is 18.2 Å². The van der Waals surface area contributed by atoms with Crippen molar-refractivity contribution in [2.45, 2.75) is 13.2 Å². The summed E-state index contributed by atoms with van der Waals surface area (Å²) in [5.41, 5.74) is 1.69. The van der Waals surface area contributed by atoms with Crippen LogP contribution < -0.4 is 0 Å². The molecule has 0 aliphatic heterocycles. The smallest absolute Gasteiger partial charge is 0.335 e. The van der Waals surface area contributed by atoms with E-state index in [1.807, 2.05) is 0 Å². The molecule has 0 unspecified atom stereocenters. The van der Waals surface area contributed by atoms with Gasteiger partial charge in [0.15, 0.2) is 6.29 Å². The predicted molar refractivity (Wildman–Crippen MR) is 54.9 cm³/mol. The average molecular weight is 210 g/mol. The van der Waals surface area contributed by atoms with E-state index in [2.05, 4.69) is 0 Å². The monoisotopic (exact) mass is 210 g/mol. The molecule has 0 bridgehead atoms. The maximum Gasteiger partial charge on any atom is 0.335 e. The summed E-state index contributed by atoms with van der Waals surface area (Å²) in [6.07, 6.45) is -0.524. The van der Waals surface area contributed by atoms with Gasteiger partial charge in [-0.1, -0.05) is 12.1 Å². The standard InChI is InChI=1S/C11H14O4/c1-7-4-5-8(11(14-2)15-3)6-9(7)10(12)13/h4-6,11H,1-3H3,(H,12,13). The molecule has 0 radical (unpaired) electrons. The molecule has 1 aromatic carbocycles. The number of hydrogen-bond acceptors (Lipinski definition) is 3. The Morgan fingerprint density at radius 3 is 2.40 bits per heavy atom. The number of carboxylic acid groups (broad SMARTS) is 1. The first kappa shape index (κ1) is 11.7. The van der Waals surface area contributed by atoms with Crippen molar-refractivity contribution >= 4 is 5.97 Å². The molecule has 0 heterocycles. The van der Waals surface area contributed by atoms with Crippen LogP contribution >= 0.6 is 0 Å². The third kappa shape index (κ3) is 2.55. The summed E-state index contributed by atoms with van der Waals surface area (Å²) < 4.78 is 10.1. The lowest BCUT2D eigenvalue weighted by molar-refractivity contribution is -0.106. The molecule has 15 heavy (non-hydrogen) atoms. The van der Waals surface area contributed by atoms with Gasteiger partial charge in [0, 0.05) is 19.8 Å². The number of rotatable bonds is 4. The van der Waals surface area contributed by atoms with E-state index >= 15 is 0 Å². The summed E-state index contributed by atoms with van der Waals surface area (Å²) in [6.45, 7) is 1.75. The minimum absolute atomic E-state index is 0.270. The zero-order valence-electron chi connectivity index (χ0n) is 8.98. The lowest BCUT2D eigenvalue weighted by Crippen LogP contribution is -2.07. The first-order valence-corrected chi connectivity index (χ1v) is 4.49. The molecule has 4 nitrogen and oxygen atoms in total. The molecule has 0 saturated heterocycles. The summed E-state index contributed by atoms with van der Waals surface area (Å²) in [5, 5.41) is 8.94. The van der Waals surface area contributed by atoms with Gasteiger partial charge in [-0.3, -0.25) is 0 Å². The highest BCUT2D eigenvalue weighted by Gasteiger charge is 2.13. The summed E-state index contributed by atoms with van der Waals surface area (Å²) in [7, 11) is 3.02. The number of aryl methyl sites for hydroxylation is 1. The molecule has 0 atom stereocenters. The Bertz CT molecular complexity index is 356. The topological polar surface area (TPSA) is 55.8 Å². The average Bonchev–Trinajstić information content (AvgIpc) is 2.21. The molecule has 0 aliphatic rings. The Labute approximate surface area is 88.4 Å². The van der Waals surface area contributed by atoms with Gasteiger partial charge in [-0.2, -0.15) is 0 Å². The van der Waals surface area contributed by atoms with Crippen LogP contribution in [0, 0.1) is 6.92 Å². The number of ether oxygens (including phenoxy) is 2. The molecular formula is C11H14O4. The van der Waals surface area contributed by atoms with Crippen molar-refractivity contribution in [3.63, 3.8) is 0 Å². The quantitative estimate of drug-likeness (QED) is 0.772. The number of carboxylic acids is 1. The molecule has 0 saturated carbocycles. The Morgan fingerprint density at radius 1 is 1.33 bits per heavy atom. The van der Waals surface area contributed by atoms with Crippen LogP contribution in [-0.2, 0) is 9.47 Å². The zero-order valence-corrected chi connectivity index (χ0v) is 8.98. The zero-order chi connectivity index (χ0) is 11.4. The highest BCUT2D eigenvalue weighted by Crippen LogP contribution is 2.20. The van der Waals surface area contributed by atoms with Crippen LogP contribution in [0.3, 0.4) is 0 Å². The molecule has 0 amide bonds. The van der Waals surface area contributed by atoms with E-state index in [-0.39, 0.29) is 5.56 Å². The maximum atomic E-state index is 10.9. The molecule has 0 aliphatic carbocycles. The van der Waals surface area contributed by atoms with E-state index < -0.39 is 12.3 Å². The van der Waals surface area contributed by atoms with Gasteiger partial charge < -0.3 is 14.6 Å². The van der Waals surface area contributed by atoms with Crippen LogP contribution in [0.4, 0.5) is 0 Å². The van der Waals surface area contributed by atoms with Crippen LogP contribution in [0.25, 0.3) is 0 Å². The van der Waals surface area contributed by atoms with Crippen molar-refractivity contribution in [2.24, 2.45) is 0 Å². The normalized spacial score (nSPS) is 10.7. The fourth-order valence-electron chi connectivity index (χ4n) is 1.39. The van der Waals surface area contributed by atoms with Gasteiger partial charge in [0.1, 0.15) is 0 Å². The van der Waals surface area contributed by atoms with Crippen LogP contribution in [0.2, 0.25) is 0 Å². The minimum atomic E-state index is -0.944. The molecule has 0 spiro atoms. The van der Waals surface area contributed by atoms with Crippen molar-refractivity contribution in [2.75, 3.05) is 14.2 Å². The number of hydrogen-bond donors (Lipinski definition) is 1. The maximum absolute atomic E-state index is 10.9. The van der Waals surface area contributed by atoms with Crippen LogP contribution in [0.5, 0.6) is 0 Å². The van der Waals surface area contributed by atoms with E-state index in [4.69, 9.17) is 14.6 Å². The fourth-order valence-corrected chi connectivity index (χ4v) is 1.39. The van der Waals surface area contributed by atoms with Crippen LogP contribution in [-0.4, -0.2) is 25.3 Å². The van der Waals surface area contributed by atoms with E-state index in [0.29, 0.717) is 5.56 Å². The van der Waals surface area contributed by atoms with Gasteiger partial charge in [0.05, 0.1) is 5.56 Å². The Hall–Kier alpha value is -1.39. The van der Waals surface area contributed by atoms with E-state index in [1.165, 1.54) is 14.2 Å². The molecule has 0 aromatic heterocycles. The third-order valence-corrected chi connectivity index (χ3v) is 2.19. The van der Waals surface area contributed by atoms with E-state index in [9.17, 15) is 4.79 Å². The van der Waals surface area contributed by atoms with Crippen molar-refractivity contribution in [3.8, 4) is 0 Å².